The highest BCUT2D eigenvalue weighted by atomic mass is 16.3. The second kappa shape index (κ2) is 5.89. The first kappa shape index (κ1) is 14.3. The van der Waals surface area contributed by atoms with Crippen LogP contribution in [-0.2, 0) is 0 Å². The molecule has 2 N–H and O–H groups in total. The van der Waals surface area contributed by atoms with Crippen LogP contribution in [0.2, 0.25) is 0 Å². The molecule has 106 valence electrons. The van der Waals surface area contributed by atoms with Gasteiger partial charge in [-0.1, -0.05) is 13.8 Å². The quantitative estimate of drug-likeness (QED) is 0.804. The van der Waals surface area contributed by atoms with Crippen molar-refractivity contribution < 1.29 is 5.11 Å². The third-order valence-electron chi connectivity index (χ3n) is 5.07. The summed E-state index contributed by atoms with van der Waals surface area (Å²) >= 11 is 0. The molecule has 3 unspecified atom stereocenters. The van der Waals surface area contributed by atoms with Crippen LogP contribution in [0.25, 0.3) is 0 Å². The summed E-state index contributed by atoms with van der Waals surface area (Å²) in [6.07, 6.45) is 6.37. The maximum atomic E-state index is 9.43. The van der Waals surface area contributed by atoms with Gasteiger partial charge in [0.2, 0.25) is 0 Å². The highest BCUT2D eigenvalue weighted by Crippen LogP contribution is 2.39. The zero-order valence-electron chi connectivity index (χ0n) is 12.3. The van der Waals surface area contributed by atoms with Gasteiger partial charge >= 0.3 is 0 Å². The van der Waals surface area contributed by atoms with E-state index >= 15 is 0 Å². The summed E-state index contributed by atoms with van der Waals surface area (Å²) < 4.78 is 0. The molecule has 2 fully saturated rings. The number of likely N-dealkylation sites (tertiary alicyclic amines) is 1. The van der Waals surface area contributed by atoms with Gasteiger partial charge < -0.3 is 10.4 Å². The van der Waals surface area contributed by atoms with Crippen LogP contribution in [0.1, 0.15) is 46.0 Å². The number of aliphatic hydroxyl groups is 1. The summed E-state index contributed by atoms with van der Waals surface area (Å²) in [4.78, 5) is 2.52. The number of rotatable bonds is 4. The van der Waals surface area contributed by atoms with E-state index in [2.05, 4.69) is 31.1 Å². The van der Waals surface area contributed by atoms with E-state index in [4.69, 9.17) is 0 Å². The Morgan fingerprint density at radius 1 is 1.33 bits per heavy atom. The van der Waals surface area contributed by atoms with E-state index in [9.17, 15) is 5.11 Å². The third-order valence-corrected chi connectivity index (χ3v) is 5.07. The fourth-order valence-corrected chi connectivity index (χ4v) is 3.95. The molecule has 3 atom stereocenters. The topological polar surface area (TPSA) is 35.5 Å². The third kappa shape index (κ3) is 3.25. The smallest absolute Gasteiger partial charge is 0.0586 e. The van der Waals surface area contributed by atoms with E-state index in [1.165, 1.54) is 45.2 Å². The van der Waals surface area contributed by atoms with Crippen LogP contribution in [0.4, 0.5) is 0 Å². The molecular weight excluding hydrogens is 224 g/mol. The molecule has 2 rings (SSSR count). The predicted molar refractivity (Wildman–Crippen MR) is 75.7 cm³/mol. The van der Waals surface area contributed by atoms with Crippen molar-refractivity contribution in [3.63, 3.8) is 0 Å². The minimum atomic E-state index is 0.334. The van der Waals surface area contributed by atoms with Gasteiger partial charge in [-0.15, -0.1) is 0 Å². The summed E-state index contributed by atoms with van der Waals surface area (Å²) in [6, 6.07) is 1.09. The van der Waals surface area contributed by atoms with Crippen LogP contribution in [0.3, 0.4) is 0 Å². The molecule has 3 heteroatoms. The molecule has 2 aliphatic rings. The van der Waals surface area contributed by atoms with Crippen molar-refractivity contribution in [1.82, 2.24) is 10.2 Å². The Bertz CT molecular complexity index is 267. The lowest BCUT2D eigenvalue weighted by Gasteiger charge is -2.43. The minimum absolute atomic E-state index is 0.334. The standard InChI is InChI=1S/C15H30N2O/c1-15(2)7-6-14(16-3)12(9-15)10-17-8-4-5-13(17)11-18/h12-14,16,18H,4-11H2,1-3H3. The van der Waals surface area contributed by atoms with Gasteiger partial charge in [0.25, 0.3) is 0 Å². The van der Waals surface area contributed by atoms with Crippen molar-refractivity contribution >= 4 is 0 Å². The van der Waals surface area contributed by atoms with Crippen LogP contribution < -0.4 is 5.32 Å². The molecule has 1 saturated carbocycles. The normalized spacial score (nSPS) is 37.0. The number of aliphatic hydroxyl groups excluding tert-OH is 1. The molecule has 0 aromatic rings. The maximum Gasteiger partial charge on any atom is 0.0586 e. The van der Waals surface area contributed by atoms with Gasteiger partial charge in [-0.05, 0) is 57.0 Å². The fourth-order valence-electron chi connectivity index (χ4n) is 3.95. The van der Waals surface area contributed by atoms with Crippen molar-refractivity contribution in [2.24, 2.45) is 11.3 Å². The summed E-state index contributed by atoms with van der Waals surface area (Å²) in [5.74, 6) is 0.742. The number of nitrogens with one attached hydrogen (secondary N) is 1. The molecule has 0 spiro atoms. The fraction of sp³-hybridized carbons (Fsp3) is 1.00. The Morgan fingerprint density at radius 3 is 2.78 bits per heavy atom. The highest BCUT2D eigenvalue weighted by molar-refractivity contribution is 4.91. The summed E-state index contributed by atoms with van der Waals surface area (Å²) in [5, 5.41) is 12.9. The molecule has 3 nitrogen and oxygen atoms in total. The van der Waals surface area contributed by atoms with Gasteiger partial charge in [0.1, 0.15) is 0 Å². The lowest BCUT2D eigenvalue weighted by molar-refractivity contribution is 0.0823. The molecule has 1 aliphatic heterocycles. The molecule has 0 bridgehead atoms. The summed E-state index contributed by atoms with van der Waals surface area (Å²) in [7, 11) is 2.10. The molecule has 1 saturated heterocycles. The highest BCUT2D eigenvalue weighted by Gasteiger charge is 2.36. The Kier molecular flexibility index (Phi) is 4.68. The molecule has 0 aromatic heterocycles. The average molecular weight is 254 g/mol. The summed E-state index contributed by atoms with van der Waals surface area (Å²) in [5.41, 5.74) is 0.493. The van der Waals surface area contributed by atoms with Crippen LogP contribution in [0, 0.1) is 11.3 Å². The number of hydrogen-bond acceptors (Lipinski definition) is 3. The zero-order chi connectivity index (χ0) is 13.2. The Morgan fingerprint density at radius 2 is 2.11 bits per heavy atom. The van der Waals surface area contributed by atoms with Gasteiger partial charge in [0.05, 0.1) is 6.61 Å². The summed E-state index contributed by atoms with van der Waals surface area (Å²) in [6.45, 7) is 7.48. The lowest BCUT2D eigenvalue weighted by Crippen LogP contribution is -2.47. The maximum absolute atomic E-state index is 9.43. The lowest BCUT2D eigenvalue weighted by atomic mass is 9.69. The van der Waals surface area contributed by atoms with Crippen LogP contribution in [0.5, 0.6) is 0 Å². The molecule has 1 aliphatic carbocycles. The monoisotopic (exact) mass is 254 g/mol. The molecule has 18 heavy (non-hydrogen) atoms. The Hall–Kier alpha value is -0.120. The SMILES string of the molecule is CNC1CCC(C)(C)CC1CN1CCCC1CO. The van der Waals surface area contributed by atoms with Gasteiger partial charge in [0, 0.05) is 18.6 Å². The first-order valence-electron chi connectivity index (χ1n) is 7.58. The Balaban J connectivity index is 1.96. The van der Waals surface area contributed by atoms with E-state index in [1.54, 1.807) is 0 Å². The van der Waals surface area contributed by atoms with Gasteiger partial charge in [0.15, 0.2) is 0 Å². The van der Waals surface area contributed by atoms with E-state index < -0.39 is 0 Å². The van der Waals surface area contributed by atoms with Crippen molar-refractivity contribution in [2.45, 2.75) is 58.0 Å². The van der Waals surface area contributed by atoms with Gasteiger partial charge in [-0.25, -0.2) is 0 Å². The Labute approximate surface area is 112 Å². The first-order valence-corrected chi connectivity index (χ1v) is 7.58. The molecule has 0 amide bonds. The largest absolute Gasteiger partial charge is 0.395 e. The van der Waals surface area contributed by atoms with Crippen molar-refractivity contribution in [2.75, 3.05) is 26.7 Å². The van der Waals surface area contributed by atoms with Crippen molar-refractivity contribution in [3.05, 3.63) is 0 Å². The van der Waals surface area contributed by atoms with Crippen LogP contribution in [-0.4, -0.2) is 48.8 Å². The van der Waals surface area contributed by atoms with E-state index in [0.29, 0.717) is 24.1 Å². The number of hydrogen-bond donors (Lipinski definition) is 2. The first-order chi connectivity index (χ1) is 8.55. The molecule has 1 heterocycles. The van der Waals surface area contributed by atoms with E-state index in [-0.39, 0.29) is 0 Å². The zero-order valence-corrected chi connectivity index (χ0v) is 12.3. The predicted octanol–water partition coefficient (Wildman–Crippen LogP) is 1.86. The second-order valence-corrected chi connectivity index (χ2v) is 7.04. The molecular formula is C15H30N2O. The van der Waals surface area contributed by atoms with Crippen molar-refractivity contribution in [1.29, 1.82) is 0 Å². The van der Waals surface area contributed by atoms with Gasteiger partial charge in [-0.2, -0.15) is 0 Å². The number of nitrogens with zero attached hydrogens (tertiary/aromatic N) is 1. The molecule has 0 aromatic carbocycles. The van der Waals surface area contributed by atoms with E-state index in [0.717, 1.165) is 5.92 Å². The average Bonchev–Trinajstić information content (AvgIpc) is 2.75. The second-order valence-electron chi connectivity index (χ2n) is 7.04. The van der Waals surface area contributed by atoms with E-state index in [1.807, 2.05) is 0 Å². The molecule has 0 radical (unpaired) electrons. The van der Waals surface area contributed by atoms with Crippen LogP contribution >= 0.6 is 0 Å². The van der Waals surface area contributed by atoms with Gasteiger partial charge in [-0.3, -0.25) is 4.90 Å². The minimum Gasteiger partial charge on any atom is -0.395 e. The van der Waals surface area contributed by atoms with Crippen LogP contribution in [0.15, 0.2) is 0 Å². The van der Waals surface area contributed by atoms with Crippen molar-refractivity contribution in [3.8, 4) is 0 Å².